The first-order valence-electron chi connectivity index (χ1n) is 8.24. The number of aryl methyl sites for hydroxylation is 1. The molecule has 2 aromatic rings. The van der Waals surface area contributed by atoms with Crippen LogP contribution in [0.15, 0.2) is 35.2 Å². The van der Waals surface area contributed by atoms with E-state index in [-0.39, 0.29) is 4.90 Å². The Bertz CT molecular complexity index is 866. The van der Waals surface area contributed by atoms with Crippen LogP contribution in [0.2, 0.25) is 0 Å². The van der Waals surface area contributed by atoms with Crippen LogP contribution in [0.3, 0.4) is 0 Å². The van der Waals surface area contributed by atoms with Gasteiger partial charge in [0, 0.05) is 45.0 Å². The molecule has 1 saturated heterocycles. The maximum Gasteiger partial charge on any atom is 0.243 e. The van der Waals surface area contributed by atoms with Gasteiger partial charge in [-0.15, -0.1) is 0 Å². The standard InChI is InChI=1S/C17H21FN4O3S/c1-13-11-17(20-16(19-13)12-25-2)21-7-9-22(10-8-21)26(23,24)15-5-3-14(18)4-6-15/h3-6,11H,7-10,12H2,1-2H3. The number of nitrogens with zero attached hydrogens (tertiary/aromatic N) is 4. The van der Waals surface area contributed by atoms with Crippen molar-refractivity contribution in [3.8, 4) is 0 Å². The normalized spacial score (nSPS) is 16.0. The minimum absolute atomic E-state index is 0.104. The molecule has 140 valence electrons. The lowest BCUT2D eigenvalue weighted by Crippen LogP contribution is -2.49. The van der Waals surface area contributed by atoms with E-state index in [2.05, 4.69) is 9.97 Å². The molecule has 2 heterocycles. The van der Waals surface area contributed by atoms with Crippen molar-refractivity contribution in [1.82, 2.24) is 14.3 Å². The highest BCUT2D eigenvalue weighted by molar-refractivity contribution is 7.89. The van der Waals surface area contributed by atoms with Crippen LogP contribution in [0.1, 0.15) is 11.5 Å². The van der Waals surface area contributed by atoms with Crippen LogP contribution in [-0.2, 0) is 21.4 Å². The van der Waals surface area contributed by atoms with E-state index in [1.54, 1.807) is 7.11 Å². The minimum Gasteiger partial charge on any atom is -0.377 e. The van der Waals surface area contributed by atoms with E-state index in [0.29, 0.717) is 38.6 Å². The maximum atomic E-state index is 13.0. The molecule has 1 aliphatic heterocycles. The Morgan fingerprint density at radius 1 is 1.12 bits per heavy atom. The second kappa shape index (κ2) is 7.65. The molecule has 0 unspecified atom stereocenters. The molecule has 0 N–H and O–H groups in total. The van der Waals surface area contributed by atoms with Crippen LogP contribution in [-0.4, -0.2) is 56.0 Å². The van der Waals surface area contributed by atoms with Crippen molar-refractivity contribution in [2.24, 2.45) is 0 Å². The SMILES string of the molecule is COCc1nc(C)cc(N2CCN(S(=O)(=O)c3ccc(F)cc3)CC2)n1. The largest absolute Gasteiger partial charge is 0.377 e. The number of rotatable bonds is 5. The van der Waals surface area contributed by atoms with Crippen LogP contribution in [0, 0.1) is 12.7 Å². The average Bonchev–Trinajstić information content (AvgIpc) is 2.62. The van der Waals surface area contributed by atoms with Crippen molar-refractivity contribution in [3.05, 3.63) is 47.7 Å². The van der Waals surface area contributed by atoms with Crippen molar-refractivity contribution in [1.29, 1.82) is 0 Å². The van der Waals surface area contributed by atoms with Gasteiger partial charge >= 0.3 is 0 Å². The predicted molar refractivity (Wildman–Crippen MR) is 94.9 cm³/mol. The van der Waals surface area contributed by atoms with E-state index in [0.717, 1.165) is 23.6 Å². The summed E-state index contributed by atoms with van der Waals surface area (Å²) in [6.45, 7) is 3.92. The topological polar surface area (TPSA) is 75.6 Å². The molecule has 26 heavy (non-hydrogen) atoms. The highest BCUT2D eigenvalue weighted by Crippen LogP contribution is 2.21. The average molecular weight is 380 g/mol. The molecule has 7 nitrogen and oxygen atoms in total. The van der Waals surface area contributed by atoms with Gasteiger partial charge in [0.2, 0.25) is 10.0 Å². The Labute approximate surface area is 152 Å². The smallest absolute Gasteiger partial charge is 0.243 e. The summed E-state index contributed by atoms with van der Waals surface area (Å²) < 4.78 is 44.9. The number of anilines is 1. The molecule has 9 heteroatoms. The summed E-state index contributed by atoms with van der Waals surface area (Å²) in [5.74, 6) is 0.909. The molecule has 1 fully saturated rings. The summed E-state index contributed by atoms with van der Waals surface area (Å²) in [7, 11) is -2.03. The first-order chi connectivity index (χ1) is 12.4. The van der Waals surface area contributed by atoms with Crippen LogP contribution >= 0.6 is 0 Å². The first-order valence-corrected chi connectivity index (χ1v) is 9.68. The Morgan fingerprint density at radius 3 is 2.38 bits per heavy atom. The lowest BCUT2D eigenvalue weighted by Gasteiger charge is -2.34. The van der Waals surface area contributed by atoms with Crippen LogP contribution in [0.4, 0.5) is 10.2 Å². The van der Waals surface area contributed by atoms with Crippen molar-refractivity contribution in [2.75, 3.05) is 38.2 Å². The third kappa shape index (κ3) is 4.00. The Balaban J connectivity index is 1.72. The van der Waals surface area contributed by atoms with E-state index in [9.17, 15) is 12.8 Å². The second-order valence-electron chi connectivity index (χ2n) is 6.06. The van der Waals surface area contributed by atoms with Gasteiger partial charge in [-0.05, 0) is 31.2 Å². The van der Waals surface area contributed by atoms with E-state index >= 15 is 0 Å². The molecule has 0 atom stereocenters. The molecule has 0 amide bonds. The Morgan fingerprint density at radius 2 is 1.77 bits per heavy atom. The summed E-state index contributed by atoms with van der Waals surface area (Å²) in [5, 5.41) is 0. The molecule has 1 aromatic carbocycles. The van der Waals surface area contributed by atoms with Crippen molar-refractivity contribution < 1.29 is 17.5 Å². The number of sulfonamides is 1. The van der Waals surface area contributed by atoms with Gasteiger partial charge < -0.3 is 9.64 Å². The van der Waals surface area contributed by atoms with E-state index in [1.165, 1.54) is 16.4 Å². The number of piperazine rings is 1. The number of hydrogen-bond acceptors (Lipinski definition) is 6. The Hall–Kier alpha value is -2.10. The molecule has 3 rings (SSSR count). The first kappa shape index (κ1) is 18.7. The molecule has 1 aliphatic rings. The van der Waals surface area contributed by atoms with Gasteiger partial charge in [0.05, 0.1) is 4.90 Å². The highest BCUT2D eigenvalue weighted by Gasteiger charge is 2.29. The van der Waals surface area contributed by atoms with Gasteiger partial charge in [-0.2, -0.15) is 4.31 Å². The zero-order valence-electron chi connectivity index (χ0n) is 14.7. The number of halogens is 1. The fourth-order valence-electron chi connectivity index (χ4n) is 2.88. The molecule has 1 aromatic heterocycles. The quantitative estimate of drug-likeness (QED) is 0.784. The monoisotopic (exact) mass is 380 g/mol. The second-order valence-corrected chi connectivity index (χ2v) is 8.00. The van der Waals surface area contributed by atoms with Crippen molar-refractivity contribution >= 4 is 15.8 Å². The lowest BCUT2D eigenvalue weighted by atomic mass is 10.3. The summed E-state index contributed by atoms with van der Waals surface area (Å²) >= 11 is 0. The van der Waals surface area contributed by atoms with Crippen LogP contribution in [0.5, 0.6) is 0 Å². The predicted octanol–water partition coefficient (Wildman–Crippen LogP) is 1.58. The van der Waals surface area contributed by atoms with Gasteiger partial charge in [0.25, 0.3) is 0 Å². The van der Waals surface area contributed by atoms with Gasteiger partial charge in [-0.3, -0.25) is 0 Å². The third-order valence-electron chi connectivity index (χ3n) is 4.17. The summed E-state index contributed by atoms with van der Waals surface area (Å²) in [6.07, 6.45) is 0. The molecular formula is C17H21FN4O3S. The molecular weight excluding hydrogens is 359 g/mol. The zero-order valence-corrected chi connectivity index (χ0v) is 15.5. The number of hydrogen-bond donors (Lipinski definition) is 0. The summed E-state index contributed by atoms with van der Waals surface area (Å²) in [6, 6.07) is 6.78. The summed E-state index contributed by atoms with van der Waals surface area (Å²) in [4.78, 5) is 10.9. The fourth-order valence-corrected chi connectivity index (χ4v) is 4.30. The number of ether oxygens (including phenoxy) is 1. The highest BCUT2D eigenvalue weighted by atomic mass is 32.2. The maximum absolute atomic E-state index is 13.0. The third-order valence-corrected chi connectivity index (χ3v) is 6.09. The molecule has 0 saturated carbocycles. The number of benzene rings is 1. The van der Waals surface area contributed by atoms with Gasteiger partial charge in [-0.1, -0.05) is 0 Å². The van der Waals surface area contributed by atoms with Gasteiger partial charge in [-0.25, -0.2) is 22.8 Å². The van der Waals surface area contributed by atoms with Crippen molar-refractivity contribution in [2.45, 2.75) is 18.4 Å². The van der Waals surface area contributed by atoms with Crippen LogP contribution in [0.25, 0.3) is 0 Å². The zero-order chi connectivity index (χ0) is 18.7. The van der Waals surface area contributed by atoms with Gasteiger partial charge in [0.1, 0.15) is 18.2 Å². The van der Waals surface area contributed by atoms with Crippen molar-refractivity contribution in [3.63, 3.8) is 0 Å². The molecule has 0 bridgehead atoms. The number of aromatic nitrogens is 2. The minimum atomic E-state index is -3.62. The lowest BCUT2D eigenvalue weighted by molar-refractivity contribution is 0.177. The van der Waals surface area contributed by atoms with E-state index in [4.69, 9.17) is 4.74 Å². The number of methoxy groups -OCH3 is 1. The van der Waals surface area contributed by atoms with E-state index in [1.807, 2.05) is 17.9 Å². The van der Waals surface area contributed by atoms with E-state index < -0.39 is 15.8 Å². The van der Waals surface area contributed by atoms with Gasteiger partial charge in [0.15, 0.2) is 5.82 Å². The molecule has 0 spiro atoms. The Kier molecular flexibility index (Phi) is 5.49. The van der Waals surface area contributed by atoms with Crippen LogP contribution < -0.4 is 4.90 Å². The molecule has 0 radical (unpaired) electrons. The fraction of sp³-hybridized carbons (Fsp3) is 0.412. The summed E-state index contributed by atoms with van der Waals surface area (Å²) in [5.41, 5.74) is 0.836. The molecule has 0 aliphatic carbocycles.